The number of benzene rings is 1. The van der Waals surface area contributed by atoms with Gasteiger partial charge in [-0.1, -0.05) is 29.5 Å². The second kappa shape index (κ2) is 7.59. The Morgan fingerprint density at radius 1 is 1.12 bits per heavy atom. The Labute approximate surface area is 192 Å². The van der Waals surface area contributed by atoms with Crippen LogP contribution in [0, 0.1) is 12.3 Å². The van der Waals surface area contributed by atoms with Crippen LogP contribution in [0.1, 0.15) is 38.2 Å². The predicted octanol–water partition coefficient (Wildman–Crippen LogP) is 4.00. The standard InChI is InChI=1S/C23H26N4O3S2/c1-15-4-6-19(7-5-15)32(29,30)27-9-8-20-21(24-14-25-22(20)27)26(3)17-10-23(11-17)12-18(13-23)31-16(2)28/h4-9,14,17-18H,10-13H2,1-3H3. The average Bonchev–Trinajstić information content (AvgIpc) is 3.13. The summed E-state index contributed by atoms with van der Waals surface area (Å²) in [6.45, 7) is 3.56. The zero-order valence-corrected chi connectivity index (χ0v) is 20.0. The third kappa shape index (κ3) is 3.51. The van der Waals surface area contributed by atoms with Gasteiger partial charge in [-0.05, 0) is 56.2 Å². The van der Waals surface area contributed by atoms with Gasteiger partial charge in [-0.15, -0.1) is 0 Å². The van der Waals surface area contributed by atoms with E-state index in [1.807, 2.05) is 14.0 Å². The van der Waals surface area contributed by atoms with E-state index in [0.29, 0.717) is 22.4 Å². The number of anilines is 1. The van der Waals surface area contributed by atoms with E-state index >= 15 is 0 Å². The van der Waals surface area contributed by atoms with Crippen molar-refractivity contribution in [1.82, 2.24) is 13.9 Å². The normalized spacial score (nSPS) is 24.8. The van der Waals surface area contributed by atoms with Gasteiger partial charge in [-0.25, -0.2) is 22.4 Å². The van der Waals surface area contributed by atoms with Gasteiger partial charge in [-0.3, -0.25) is 4.79 Å². The van der Waals surface area contributed by atoms with Crippen molar-refractivity contribution in [2.45, 2.75) is 55.7 Å². The van der Waals surface area contributed by atoms with Gasteiger partial charge >= 0.3 is 0 Å². The first-order valence-corrected chi connectivity index (χ1v) is 13.0. The summed E-state index contributed by atoms with van der Waals surface area (Å²) in [5, 5.41) is 1.39. The minimum atomic E-state index is -3.74. The number of aryl methyl sites for hydroxylation is 1. The number of fused-ring (bicyclic) bond motifs is 1. The molecule has 9 heteroatoms. The van der Waals surface area contributed by atoms with Gasteiger partial charge in [0, 0.05) is 31.5 Å². The maximum atomic E-state index is 13.2. The summed E-state index contributed by atoms with van der Waals surface area (Å²) in [6, 6.07) is 8.96. The number of thioether (sulfide) groups is 1. The summed E-state index contributed by atoms with van der Waals surface area (Å²) in [7, 11) is -1.73. The molecule has 2 aliphatic carbocycles. The quantitative estimate of drug-likeness (QED) is 0.557. The van der Waals surface area contributed by atoms with Crippen molar-refractivity contribution in [3.05, 3.63) is 48.4 Å². The molecule has 0 bridgehead atoms. The number of aromatic nitrogens is 3. The van der Waals surface area contributed by atoms with Crippen LogP contribution < -0.4 is 4.90 Å². The summed E-state index contributed by atoms with van der Waals surface area (Å²) < 4.78 is 27.6. The van der Waals surface area contributed by atoms with Crippen molar-refractivity contribution in [3.63, 3.8) is 0 Å². The Bertz CT molecular complexity index is 1290. The van der Waals surface area contributed by atoms with Crippen LogP contribution in [0.2, 0.25) is 0 Å². The number of hydrogen-bond acceptors (Lipinski definition) is 7. The lowest BCUT2D eigenvalue weighted by atomic mass is 9.53. The highest BCUT2D eigenvalue weighted by molar-refractivity contribution is 8.14. The van der Waals surface area contributed by atoms with Crippen LogP contribution in [0.3, 0.4) is 0 Å². The second-order valence-corrected chi connectivity index (χ2v) is 12.5. The summed E-state index contributed by atoms with van der Waals surface area (Å²) in [5.41, 5.74) is 1.75. The minimum absolute atomic E-state index is 0.200. The Morgan fingerprint density at radius 3 is 2.47 bits per heavy atom. The Balaban J connectivity index is 1.37. The van der Waals surface area contributed by atoms with Gasteiger partial charge < -0.3 is 4.90 Å². The van der Waals surface area contributed by atoms with Gasteiger partial charge in [-0.2, -0.15) is 0 Å². The third-order valence-electron chi connectivity index (χ3n) is 6.88. The van der Waals surface area contributed by atoms with Gasteiger partial charge in [0.1, 0.15) is 12.1 Å². The number of carbonyl (C=O) groups excluding carboxylic acids is 1. The Morgan fingerprint density at radius 2 is 1.81 bits per heavy atom. The van der Waals surface area contributed by atoms with Crippen molar-refractivity contribution in [3.8, 4) is 0 Å². The molecule has 0 aliphatic heterocycles. The van der Waals surface area contributed by atoms with Crippen molar-refractivity contribution in [2.24, 2.45) is 5.41 Å². The van der Waals surface area contributed by atoms with E-state index in [2.05, 4.69) is 14.9 Å². The summed E-state index contributed by atoms with van der Waals surface area (Å²) in [5.74, 6) is 0.752. The van der Waals surface area contributed by atoms with E-state index in [0.717, 1.165) is 42.5 Å². The highest BCUT2D eigenvalue weighted by Gasteiger charge is 2.54. The molecule has 1 aromatic carbocycles. The van der Waals surface area contributed by atoms with Crippen molar-refractivity contribution in [1.29, 1.82) is 0 Å². The highest BCUT2D eigenvalue weighted by Crippen LogP contribution is 2.60. The van der Waals surface area contributed by atoms with Crippen LogP contribution in [0.5, 0.6) is 0 Å². The molecule has 2 fully saturated rings. The summed E-state index contributed by atoms with van der Waals surface area (Å²) in [4.78, 5) is 22.5. The van der Waals surface area contributed by atoms with Crippen LogP contribution >= 0.6 is 11.8 Å². The van der Waals surface area contributed by atoms with E-state index in [9.17, 15) is 13.2 Å². The van der Waals surface area contributed by atoms with Gasteiger partial charge in [0.15, 0.2) is 10.8 Å². The molecule has 0 atom stereocenters. The fraction of sp³-hybridized carbons (Fsp3) is 0.435. The maximum Gasteiger partial charge on any atom is 0.269 e. The summed E-state index contributed by atoms with van der Waals surface area (Å²) >= 11 is 1.47. The zero-order chi connectivity index (χ0) is 22.7. The molecule has 0 saturated heterocycles. The molecule has 7 nitrogen and oxygen atoms in total. The largest absolute Gasteiger partial charge is 0.356 e. The predicted molar refractivity (Wildman–Crippen MR) is 126 cm³/mol. The first-order chi connectivity index (χ1) is 15.2. The third-order valence-corrected chi connectivity index (χ3v) is 9.56. The Hall–Kier alpha value is -2.39. The second-order valence-electron chi connectivity index (χ2n) is 9.18. The number of nitrogens with zero attached hydrogens (tertiary/aromatic N) is 4. The topological polar surface area (TPSA) is 85.2 Å². The maximum absolute atomic E-state index is 13.2. The van der Waals surface area contributed by atoms with Crippen molar-refractivity contribution >= 4 is 43.8 Å². The highest BCUT2D eigenvalue weighted by atomic mass is 32.2. The van der Waals surface area contributed by atoms with Crippen molar-refractivity contribution < 1.29 is 13.2 Å². The fourth-order valence-electron chi connectivity index (χ4n) is 5.16. The fourth-order valence-corrected chi connectivity index (χ4v) is 7.80. The molecule has 1 spiro atoms. The summed E-state index contributed by atoms with van der Waals surface area (Å²) in [6.07, 6.45) is 7.35. The first kappa shape index (κ1) is 21.5. The number of rotatable bonds is 5. The molecule has 5 rings (SSSR count). The van der Waals surface area contributed by atoms with Gasteiger partial charge in [0.05, 0.1) is 10.3 Å². The van der Waals surface area contributed by atoms with E-state index in [4.69, 9.17) is 0 Å². The average molecular weight is 471 g/mol. The van der Waals surface area contributed by atoms with Crippen LogP contribution in [0.15, 0.2) is 47.8 Å². The number of hydrogen-bond donors (Lipinski definition) is 0. The van der Waals surface area contributed by atoms with E-state index < -0.39 is 10.0 Å². The molecule has 2 heterocycles. The molecule has 2 saturated carbocycles. The molecule has 3 aromatic rings. The van der Waals surface area contributed by atoms with Crippen molar-refractivity contribution in [2.75, 3.05) is 11.9 Å². The van der Waals surface area contributed by atoms with Crippen LogP contribution in [-0.2, 0) is 14.8 Å². The number of carbonyl (C=O) groups is 1. The molecule has 32 heavy (non-hydrogen) atoms. The molecule has 0 radical (unpaired) electrons. The lowest BCUT2D eigenvalue weighted by molar-refractivity contribution is -0.109. The Kier molecular flexibility index (Phi) is 5.09. The SMILES string of the molecule is CC(=O)SC1CC2(C1)CC(N(C)c1ncnc3c1ccn3S(=O)(=O)c1ccc(C)cc1)C2. The molecular weight excluding hydrogens is 444 g/mol. The van der Waals surface area contributed by atoms with Gasteiger partial charge in [0.25, 0.3) is 10.0 Å². The van der Waals surface area contributed by atoms with Crippen LogP contribution in [0.25, 0.3) is 11.0 Å². The zero-order valence-electron chi connectivity index (χ0n) is 18.4. The van der Waals surface area contributed by atoms with E-state index in [1.165, 1.54) is 22.1 Å². The van der Waals surface area contributed by atoms with E-state index in [-0.39, 0.29) is 10.0 Å². The molecular formula is C23H26N4O3S2. The van der Waals surface area contributed by atoms with Gasteiger partial charge in [0.2, 0.25) is 0 Å². The lowest BCUT2D eigenvalue weighted by Crippen LogP contribution is -2.56. The smallest absolute Gasteiger partial charge is 0.269 e. The lowest BCUT2D eigenvalue weighted by Gasteiger charge is -2.59. The molecule has 2 aliphatic rings. The molecule has 168 valence electrons. The van der Waals surface area contributed by atoms with Crippen LogP contribution in [-0.4, -0.2) is 45.8 Å². The molecule has 0 amide bonds. The minimum Gasteiger partial charge on any atom is -0.356 e. The molecule has 0 unspecified atom stereocenters. The first-order valence-electron chi connectivity index (χ1n) is 10.7. The molecule has 2 aromatic heterocycles. The molecule has 0 N–H and O–H groups in total. The monoisotopic (exact) mass is 470 g/mol. The van der Waals surface area contributed by atoms with E-state index in [1.54, 1.807) is 43.5 Å². The van der Waals surface area contributed by atoms with Crippen LogP contribution in [0.4, 0.5) is 5.82 Å².